The lowest BCUT2D eigenvalue weighted by atomic mass is 9.98. The van der Waals surface area contributed by atoms with Crippen LogP contribution >= 0.6 is 11.3 Å². The number of carboxylic acids is 4. The molecule has 0 unspecified atom stereocenters. The van der Waals surface area contributed by atoms with Gasteiger partial charge in [-0.1, -0.05) is 12.1 Å². The third-order valence-electron chi connectivity index (χ3n) is 8.32. The number of hydrogen-bond acceptors (Lipinski definition) is 11. The number of phenols is 1. The van der Waals surface area contributed by atoms with Gasteiger partial charge in [-0.15, -0.1) is 11.3 Å². The summed E-state index contributed by atoms with van der Waals surface area (Å²) in [7, 11) is 1.77. The fraction of sp³-hybridized carbons (Fsp3) is 0.361. The van der Waals surface area contributed by atoms with Crippen molar-refractivity contribution < 1.29 is 54.2 Å². The smallest absolute Gasteiger partial charge is 0.414 e. The van der Waals surface area contributed by atoms with E-state index in [2.05, 4.69) is 39.0 Å². The second-order valence-corrected chi connectivity index (χ2v) is 13.0. The van der Waals surface area contributed by atoms with Gasteiger partial charge in [0.2, 0.25) is 5.88 Å². The third-order valence-corrected chi connectivity index (χ3v) is 9.57. The number of rotatable bonds is 10. The number of thiophene rings is 1. The molecule has 15 heteroatoms. The van der Waals surface area contributed by atoms with E-state index in [1.807, 2.05) is 24.4 Å². The highest BCUT2D eigenvalue weighted by Gasteiger charge is 2.19. The van der Waals surface area contributed by atoms with E-state index < -0.39 is 23.9 Å². The summed E-state index contributed by atoms with van der Waals surface area (Å²) in [6, 6.07) is 16.4. The third kappa shape index (κ3) is 11.4. The van der Waals surface area contributed by atoms with Gasteiger partial charge in [0, 0.05) is 46.1 Å². The molecule has 5 N–H and O–H groups in total. The zero-order valence-electron chi connectivity index (χ0n) is 28.1. The summed E-state index contributed by atoms with van der Waals surface area (Å²) in [5, 5.41) is 40.9. The van der Waals surface area contributed by atoms with Gasteiger partial charge in [0.25, 0.3) is 0 Å². The van der Waals surface area contributed by atoms with E-state index in [0.717, 1.165) is 48.6 Å². The number of aromatic hydroxyl groups is 1. The van der Waals surface area contributed by atoms with E-state index in [0.29, 0.717) is 12.5 Å². The molecule has 2 aromatic carbocycles. The molecule has 4 aromatic rings. The predicted molar refractivity (Wildman–Crippen MR) is 189 cm³/mol. The summed E-state index contributed by atoms with van der Waals surface area (Å²) in [5.41, 5.74) is 4.76. The average molecular weight is 724 g/mol. The fourth-order valence-corrected chi connectivity index (χ4v) is 7.09. The number of nitrogens with zero attached hydrogens (tertiary/aromatic N) is 3. The monoisotopic (exact) mass is 723 g/mol. The maximum atomic E-state index is 10.2. The maximum absolute atomic E-state index is 10.2. The first kappa shape index (κ1) is 38.6. The van der Waals surface area contributed by atoms with Crippen molar-refractivity contribution in [3.8, 4) is 27.8 Å². The minimum absolute atomic E-state index is 0.287. The van der Waals surface area contributed by atoms with Gasteiger partial charge in [0.05, 0.1) is 7.11 Å². The molecule has 0 bridgehead atoms. The van der Waals surface area contributed by atoms with Crippen LogP contribution in [0.2, 0.25) is 0 Å². The molecule has 2 aliphatic rings. The van der Waals surface area contributed by atoms with Gasteiger partial charge in [-0.2, -0.15) is 0 Å². The lowest BCUT2D eigenvalue weighted by Crippen LogP contribution is -2.25. The van der Waals surface area contributed by atoms with Crippen molar-refractivity contribution in [1.82, 2.24) is 14.8 Å². The minimum atomic E-state index is -1.82. The summed E-state index contributed by atoms with van der Waals surface area (Å²) >= 11 is 1.70. The number of aromatic nitrogens is 1. The van der Waals surface area contributed by atoms with E-state index in [1.165, 1.54) is 65.7 Å². The molecule has 2 saturated heterocycles. The number of benzene rings is 2. The summed E-state index contributed by atoms with van der Waals surface area (Å²) in [5.74, 6) is -5.39. The number of hydrogen-bond donors (Lipinski definition) is 5. The molecule has 2 aliphatic heterocycles. The Morgan fingerprint density at radius 3 is 2.00 bits per heavy atom. The highest BCUT2D eigenvalue weighted by molar-refractivity contribution is 7.22. The second-order valence-electron chi connectivity index (χ2n) is 11.9. The lowest BCUT2D eigenvalue weighted by Gasteiger charge is -2.18. The van der Waals surface area contributed by atoms with Crippen molar-refractivity contribution in [2.75, 3.05) is 46.4 Å². The number of methoxy groups -OCH3 is 1. The molecule has 272 valence electrons. The Bertz CT molecular complexity index is 1770. The van der Waals surface area contributed by atoms with E-state index in [1.54, 1.807) is 24.5 Å². The number of carboxylic acid groups (broad SMARTS) is 4. The maximum Gasteiger partial charge on any atom is 0.414 e. The first-order chi connectivity index (χ1) is 24.4. The van der Waals surface area contributed by atoms with Crippen molar-refractivity contribution in [1.29, 1.82) is 0 Å². The van der Waals surface area contributed by atoms with E-state index in [-0.39, 0.29) is 5.75 Å². The molecule has 6 rings (SSSR count). The Hall–Kier alpha value is -5.25. The Kier molecular flexibility index (Phi) is 14.1. The first-order valence-electron chi connectivity index (χ1n) is 16.3. The quantitative estimate of drug-likeness (QED) is 0.141. The molecule has 0 spiro atoms. The molecular weight excluding hydrogens is 682 g/mol. The van der Waals surface area contributed by atoms with Crippen LogP contribution in [0.4, 0.5) is 0 Å². The first-order valence-corrected chi connectivity index (χ1v) is 17.1. The molecule has 14 nitrogen and oxygen atoms in total. The number of phenolic OH excluding ortho intramolecular Hbond substituents is 1. The highest BCUT2D eigenvalue weighted by Crippen LogP contribution is 2.41. The van der Waals surface area contributed by atoms with Crippen LogP contribution < -0.4 is 9.47 Å². The Morgan fingerprint density at radius 2 is 1.43 bits per heavy atom. The fourth-order valence-electron chi connectivity index (χ4n) is 5.85. The van der Waals surface area contributed by atoms with Crippen LogP contribution in [0.25, 0.3) is 20.5 Å². The Morgan fingerprint density at radius 1 is 0.804 bits per heavy atom. The molecule has 51 heavy (non-hydrogen) atoms. The topological polar surface area (TPSA) is 207 Å². The zero-order chi connectivity index (χ0) is 36.9. The van der Waals surface area contributed by atoms with Gasteiger partial charge in [0.15, 0.2) is 0 Å². The number of ether oxygens (including phenoxy) is 2. The molecule has 4 heterocycles. The SMILES string of the molecule is COc1cc(Cc2c(-c3ccc(OCCN4CCCC4)nc3)sc3cc(O)ccc23)ccc1CN1CCCC1.O=C(O)C(=O)O.O=C(O)C(=O)O. The molecule has 2 fully saturated rings. The van der Waals surface area contributed by atoms with Gasteiger partial charge < -0.3 is 35.0 Å². The molecule has 0 radical (unpaired) electrons. The van der Waals surface area contributed by atoms with Crippen molar-refractivity contribution in [2.45, 2.75) is 38.6 Å². The molecule has 0 atom stereocenters. The Labute approximate surface area is 298 Å². The van der Waals surface area contributed by atoms with Crippen molar-refractivity contribution >= 4 is 45.3 Å². The van der Waals surface area contributed by atoms with Crippen LogP contribution in [-0.4, -0.2) is 111 Å². The molecule has 0 saturated carbocycles. The highest BCUT2D eigenvalue weighted by atomic mass is 32.1. The average Bonchev–Trinajstić information content (AvgIpc) is 3.89. The number of fused-ring (bicyclic) bond motifs is 1. The van der Waals surface area contributed by atoms with E-state index in [4.69, 9.17) is 49.1 Å². The van der Waals surface area contributed by atoms with Gasteiger partial charge in [-0.25, -0.2) is 24.2 Å². The van der Waals surface area contributed by atoms with Crippen LogP contribution in [0.1, 0.15) is 42.4 Å². The van der Waals surface area contributed by atoms with Gasteiger partial charge in [0.1, 0.15) is 18.1 Å². The number of pyridine rings is 1. The summed E-state index contributed by atoms with van der Waals surface area (Å²) in [6.45, 7) is 7.23. The number of likely N-dealkylation sites (tertiary alicyclic amines) is 2. The van der Waals surface area contributed by atoms with E-state index >= 15 is 0 Å². The van der Waals surface area contributed by atoms with Crippen LogP contribution in [0.3, 0.4) is 0 Å². The summed E-state index contributed by atoms with van der Waals surface area (Å²) in [4.78, 5) is 47.2. The minimum Gasteiger partial charge on any atom is -0.508 e. The molecule has 0 amide bonds. The lowest BCUT2D eigenvalue weighted by molar-refractivity contribution is -0.159. The second kappa shape index (κ2) is 18.7. The molecule has 2 aromatic heterocycles. The van der Waals surface area contributed by atoms with Crippen LogP contribution in [-0.2, 0) is 32.1 Å². The van der Waals surface area contributed by atoms with E-state index in [9.17, 15) is 5.11 Å². The van der Waals surface area contributed by atoms with Gasteiger partial charge in [-0.3, -0.25) is 9.80 Å². The van der Waals surface area contributed by atoms with Crippen LogP contribution in [0, 0.1) is 0 Å². The normalized spacial score (nSPS) is 14.2. The van der Waals surface area contributed by atoms with Crippen molar-refractivity contribution in [3.05, 3.63) is 71.4 Å². The van der Waals surface area contributed by atoms with Crippen LogP contribution in [0.15, 0.2) is 54.7 Å². The molecule has 0 aliphatic carbocycles. The summed E-state index contributed by atoms with van der Waals surface area (Å²) < 4.78 is 12.8. The van der Waals surface area contributed by atoms with Gasteiger partial charge in [-0.05, 0) is 105 Å². The largest absolute Gasteiger partial charge is 0.508 e. The standard InChI is InChI=1S/C32H37N3O3S.2C2H2O4/c1-37-29-19-23(6-7-25(29)22-35-14-4-5-15-35)18-28-27-10-9-26(36)20-30(27)39-32(28)24-8-11-31(33-21-24)38-17-16-34-12-2-3-13-34;2*3-1(4)2(5)6/h6-11,19-21,36H,2-5,12-18,22H2,1H3;2*(H,3,4)(H,5,6). The molecular formula is C36H41N3O11S. The zero-order valence-corrected chi connectivity index (χ0v) is 28.9. The van der Waals surface area contributed by atoms with Crippen molar-refractivity contribution in [3.63, 3.8) is 0 Å². The predicted octanol–water partition coefficient (Wildman–Crippen LogP) is 4.65. The number of aliphatic carboxylic acids is 4. The Balaban J connectivity index is 0.000000420. The van der Waals surface area contributed by atoms with Crippen molar-refractivity contribution in [2.24, 2.45) is 0 Å². The van der Waals surface area contributed by atoms with Gasteiger partial charge >= 0.3 is 23.9 Å². The number of carbonyl (C=O) groups is 4. The van der Waals surface area contributed by atoms with Crippen LogP contribution in [0.5, 0.6) is 17.4 Å². The summed E-state index contributed by atoms with van der Waals surface area (Å²) in [6.07, 6.45) is 7.83.